The number of halogens is 1. The van der Waals surface area contributed by atoms with Crippen LogP contribution in [-0.2, 0) is 5.41 Å². The Kier molecular flexibility index (Phi) is 2.18. The van der Waals surface area contributed by atoms with E-state index in [0.717, 1.165) is 11.3 Å². The molecule has 0 aliphatic carbocycles. The summed E-state index contributed by atoms with van der Waals surface area (Å²) in [6.45, 7) is 7.97. The molecule has 66 valence electrons. The van der Waals surface area contributed by atoms with E-state index in [2.05, 4.69) is 25.8 Å². The average Bonchev–Trinajstić information content (AvgIpc) is 1.82. The Labute approximate surface area is 72.6 Å². The molecule has 0 aromatic carbocycles. The van der Waals surface area contributed by atoms with Crippen LogP contribution in [-0.4, -0.2) is 4.98 Å². The van der Waals surface area contributed by atoms with Gasteiger partial charge in [-0.25, -0.2) is 4.98 Å². The van der Waals surface area contributed by atoms with E-state index in [4.69, 9.17) is 0 Å². The lowest BCUT2D eigenvalue weighted by atomic mass is 9.87. The fourth-order valence-corrected chi connectivity index (χ4v) is 1.06. The maximum atomic E-state index is 12.8. The summed E-state index contributed by atoms with van der Waals surface area (Å²) in [5.74, 6) is -0.389. The molecule has 0 aliphatic rings. The van der Waals surface area contributed by atoms with Gasteiger partial charge in [0.2, 0.25) is 5.95 Å². The van der Waals surface area contributed by atoms with Crippen molar-refractivity contribution in [2.45, 2.75) is 33.1 Å². The lowest BCUT2D eigenvalue weighted by Gasteiger charge is -2.18. The van der Waals surface area contributed by atoms with Crippen LogP contribution < -0.4 is 0 Å². The van der Waals surface area contributed by atoms with Crippen LogP contribution in [0.2, 0.25) is 0 Å². The van der Waals surface area contributed by atoms with Crippen LogP contribution in [0.4, 0.5) is 4.39 Å². The van der Waals surface area contributed by atoms with Gasteiger partial charge in [-0.2, -0.15) is 4.39 Å². The topological polar surface area (TPSA) is 12.9 Å². The minimum atomic E-state index is -0.389. The predicted octanol–water partition coefficient (Wildman–Crippen LogP) is 2.83. The van der Waals surface area contributed by atoms with Crippen LogP contribution in [0.25, 0.3) is 0 Å². The van der Waals surface area contributed by atoms with Crippen LogP contribution >= 0.6 is 0 Å². The SMILES string of the molecule is Cc1cc(C(C)(C)C)cc(F)n1. The molecule has 0 radical (unpaired) electrons. The van der Waals surface area contributed by atoms with Crippen molar-refractivity contribution < 1.29 is 4.39 Å². The summed E-state index contributed by atoms with van der Waals surface area (Å²) in [6, 6.07) is 3.41. The normalized spacial score (nSPS) is 11.8. The van der Waals surface area contributed by atoms with Crippen molar-refractivity contribution in [3.63, 3.8) is 0 Å². The standard InChI is InChI=1S/C10H14FN/c1-7-5-8(10(2,3)4)6-9(11)12-7/h5-6H,1-4H3. The molecular formula is C10H14FN. The van der Waals surface area contributed by atoms with E-state index in [1.807, 2.05) is 6.07 Å². The van der Waals surface area contributed by atoms with Crippen molar-refractivity contribution in [3.05, 3.63) is 29.3 Å². The van der Waals surface area contributed by atoms with E-state index in [9.17, 15) is 4.39 Å². The van der Waals surface area contributed by atoms with Crippen molar-refractivity contribution in [2.75, 3.05) is 0 Å². The van der Waals surface area contributed by atoms with Crippen LogP contribution in [0.15, 0.2) is 12.1 Å². The number of aryl methyl sites for hydroxylation is 1. The molecule has 1 aromatic heterocycles. The summed E-state index contributed by atoms with van der Waals surface area (Å²) in [4.78, 5) is 3.68. The van der Waals surface area contributed by atoms with E-state index in [-0.39, 0.29) is 11.4 Å². The first-order chi connectivity index (χ1) is 5.39. The third-order valence-electron chi connectivity index (χ3n) is 1.79. The summed E-state index contributed by atoms with van der Waals surface area (Å²) in [5.41, 5.74) is 1.72. The van der Waals surface area contributed by atoms with Gasteiger partial charge >= 0.3 is 0 Å². The first kappa shape index (κ1) is 9.17. The molecular weight excluding hydrogens is 153 g/mol. The van der Waals surface area contributed by atoms with Gasteiger partial charge in [-0.05, 0) is 30.0 Å². The van der Waals surface area contributed by atoms with Crippen LogP contribution in [0.5, 0.6) is 0 Å². The van der Waals surface area contributed by atoms with E-state index < -0.39 is 0 Å². The maximum Gasteiger partial charge on any atom is 0.213 e. The number of hydrogen-bond acceptors (Lipinski definition) is 1. The third-order valence-corrected chi connectivity index (χ3v) is 1.79. The quantitative estimate of drug-likeness (QED) is 0.541. The van der Waals surface area contributed by atoms with Crippen molar-refractivity contribution in [1.82, 2.24) is 4.98 Å². The second-order valence-electron chi connectivity index (χ2n) is 4.07. The van der Waals surface area contributed by atoms with Gasteiger partial charge < -0.3 is 0 Å². The number of rotatable bonds is 0. The maximum absolute atomic E-state index is 12.8. The van der Waals surface area contributed by atoms with E-state index >= 15 is 0 Å². The lowest BCUT2D eigenvalue weighted by molar-refractivity contribution is 0.548. The fraction of sp³-hybridized carbons (Fsp3) is 0.500. The average molecular weight is 167 g/mol. The Morgan fingerprint density at radius 1 is 1.25 bits per heavy atom. The molecule has 1 aromatic rings. The summed E-state index contributed by atoms with van der Waals surface area (Å²) in [5, 5.41) is 0. The minimum absolute atomic E-state index is 0.00542. The van der Waals surface area contributed by atoms with Gasteiger partial charge in [-0.1, -0.05) is 20.8 Å². The third kappa shape index (κ3) is 2.03. The largest absolute Gasteiger partial charge is 0.225 e. The second kappa shape index (κ2) is 2.85. The van der Waals surface area contributed by atoms with Gasteiger partial charge in [0.1, 0.15) is 0 Å². The monoisotopic (exact) mass is 167 g/mol. The predicted molar refractivity (Wildman–Crippen MR) is 47.6 cm³/mol. The summed E-state index contributed by atoms with van der Waals surface area (Å²) >= 11 is 0. The molecule has 0 unspecified atom stereocenters. The molecule has 0 bridgehead atoms. The van der Waals surface area contributed by atoms with Crippen molar-refractivity contribution in [2.24, 2.45) is 0 Å². The summed E-state index contributed by atoms with van der Waals surface area (Å²) in [6.07, 6.45) is 0. The minimum Gasteiger partial charge on any atom is -0.225 e. The number of pyridine rings is 1. The van der Waals surface area contributed by atoms with Crippen LogP contribution in [0.3, 0.4) is 0 Å². The first-order valence-electron chi connectivity index (χ1n) is 4.04. The van der Waals surface area contributed by atoms with Crippen molar-refractivity contribution in [3.8, 4) is 0 Å². The molecule has 2 heteroatoms. The Morgan fingerprint density at radius 2 is 1.83 bits per heavy atom. The molecule has 1 nitrogen and oxygen atoms in total. The van der Waals surface area contributed by atoms with Crippen LogP contribution in [0.1, 0.15) is 32.0 Å². The lowest BCUT2D eigenvalue weighted by Crippen LogP contribution is -2.12. The molecule has 0 fully saturated rings. The molecule has 1 rings (SSSR count). The molecule has 1 heterocycles. The van der Waals surface area contributed by atoms with Gasteiger partial charge in [-0.3, -0.25) is 0 Å². The van der Waals surface area contributed by atoms with Gasteiger partial charge in [-0.15, -0.1) is 0 Å². The number of aromatic nitrogens is 1. The zero-order valence-electron chi connectivity index (χ0n) is 7.98. The fourth-order valence-electron chi connectivity index (χ4n) is 1.06. The molecule has 0 spiro atoms. The molecule has 0 aliphatic heterocycles. The second-order valence-corrected chi connectivity index (χ2v) is 4.07. The molecule has 0 saturated heterocycles. The zero-order valence-corrected chi connectivity index (χ0v) is 7.98. The van der Waals surface area contributed by atoms with Crippen LogP contribution in [0, 0.1) is 12.9 Å². The molecule has 0 amide bonds. The summed E-state index contributed by atoms with van der Waals surface area (Å²) < 4.78 is 12.8. The van der Waals surface area contributed by atoms with E-state index in [0.29, 0.717) is 0 Å². The highest BCUT2D eigenvalue weighted by atomic mass is 19.1. The highest BCUT2D eigenvalue weighted by molar-refractivity contribution is 5.23. The van der Waals surface area contributed by atoms with Crippen molar-refractivity contribution in [1.29, 1.82) is 0 Å². The highest BCUT2D eigenvalue weighted by Crippen LogP contribution is 2.22. The Hall–Kier alpha value is -0.920. The van der Waals surface area contributed by atoms with Gasteiger partial charge in [0.05, 0.1) is 0 Å². The Morgan fingerprint density at radius 3 is 2.25 bits per heavy atom. The Bertz CT molecular complexity index is 266. The Balaban J connectivity index is 3.18. The highest BCUT2D eigenvalue weighted by Gasteiger charge is 2.14. The zero-order chi connectivity index (χ0) is 9.35. The van der Waals surface area contributed by atoms with E-state index in [1.165, 1.54) is 6.07 Å². The van der Waals surface area contributed by atoms with Crippen molar-refractivity contribution >= 4 is 0 Å². The van der Waals surface area contributed by atoms with Gasteiger partial charge in [0.25, 0.3) is 0 Å². The summed E-state index contributed by atoms with van der Waals surface area (Å²) in [7, 11) is 0. The number of hydrogen-bond donors (Lipinski definition) is 0. The molecule has 0 saturated carbocycles. The molecule has 0 atom stereocenters. The van der Waals surface area contributed by atoms with E-state index in [1.54, 1.807) is 6.92 Å². The number of nitrogens with zero attached hydrogens (tertiary/aromatic N) is 1. The van der Waals surface area contributed by atoms with Gasteiger partial charge in [0.15, 0.2) is 0 Å². The van der Waals surface area contributed by atoms with Gasteiger partial charge in [0, 0.05) is 5.69 Å². The molecule has 0 N–H and O–H groups in total. The smallest absolute Gasteiger partial charge is 0.213 e. The first-order valence-corrected chi connectivity index (χ1v) is 4.04. The molecule has 12 heavy (non-hydrogen) atoms.